The molecular formula is C52H42N4. The van der Waals surface area contributed by atoms with Crippen LogP contribution in [0.1, 0.15) is 0 Å². The first-order chi connectivity index (χ1) is 27.4. The molecule has 0 aliphatic heterocycles. The molecule has 56 heavy (non-hydrogen) atoms. The Labute approximate surface area is 329 Å². The third kappa shape index (κ3) is 6.67. The predicted molar refractivity (Wildman–Crippen MR) is 238 cm³/mol. The molecule has 7 aromatic carbocycles. The van der Waals surface area contributed by atoms with E-state index >= 15 is 0 Å². The van der Waals surface area contributed by atoms with E-state index in [1.54, 1.807) is 0 Å². The van der Waals surface area contributed by atoms with E-state index in [0.29, 0.717) is 0 Å². The number of rotatable bonds is 8. The first-order valence-corrected chi connectivity index (χ1v) is 19.1. The van der Waals surface area contributed by atoms with Gasteiger partial charge in [0.2, 0.25) is 0 Å². The Morgan fingerprint density at radius 2 is 0.607 bits per heavy atom. The van der Waals surface area contributed by atoms with Crippen molar-refractivity contribution < 1.29 is 0 Å². The van der Waals surface area contributed by atoms with Gasteiger partial charge in [-0.15, -0.1) is 0 Å². The van der Waals surface area contributed by atoms with Gasteiger partial charge in [-0.1, -0.05) is 146 Å². The van der Waals surface area contributed by atoms with Gasteiger partial charge in [-0.2, -0.15) is 0 Å². The summed E-state index contributed by atoms with van der Waals surface area (Å²) in [6.07, 6.45) is 0. The van der Waals surface area contributed by atoms with Crippen LogP contribution in [0.15, 0.2) is 182 Å². The van der Waals surface area contributed by atoms with Crippen LogP contribution in [0, 0.1) is 0 Å². The molecule has 2 heterocycles. The van der Waals surface area contributed by atoms with Crippen LogP contribution >= 0.6 is 0 Å². The Bertz CT molecular complexity index is 2590. The molecule has 0 unspecified atom stereocenters. The minimum atomic E-state index is 0.882. The van der Waals surface area contributed by atoms with Crippen LogP contribution in [0.25, 0.3) is 88.8 Å². The average molecular weight is 723 g/mol. The van der Waals surface area contributed by atoms with Gasteiger partial charge in [0.25, 0.3) is 0 Å². The fraction of sp³-hybridized carbons (Fsp3) is 0.0769. The van der Waals surface area contributed by atoms with E-state index in [2.05, 4.69) is 220 Å². The van der Waals surface area contributed by atoms with Crippen LogP contribution in [-0.2, 0) is 0 Å². The van der Waals surface area contributed by atoms with E-state index in [1.165, 1.54) is 22.3 Å². The van der Waals surface area contributed by atoms with E-state index in [-0.39, 0.29) is 0 Å². The number of fused-ring (bicyclic) bond motifs is 3. The van der Waals surface area contributed by atoms with Gasteiger partial charge in [0, 0.05) is 61.5 Å². The Hall–Kier alpha value is -7.04. The molecule has 0 saturated carbocycles. The quantitative estimate of drug-likeness (QED) is 0.146. The molecule has 9 aromatic rings. The van der Waals surface area contributed by atoms with Crippen molar-refractivity contribution in [2.24, 2.45) is 0 Å². The Kier molecular flexibility index (Phi) is 9.08. The Morgan fingerprint density at radius 1 is 0.304 bits per heavy atom. The van der Waals surface area contributed by atoms with Crippen molar-refractivity contribution >= 4 is 33.2 Å². The second-order valence-corrected chi connectivity index (χ2v) is 14.7. The molecule has 4 nitrogen and oxygen atoms in total. The highest BCUT2D eigenvalue weighted by Gasteiger charge is 2.18. The summed E-state index contributed by atoms with van der Waals surface area (Å²) in [5.41, 5.74) is 17.3. The molecule has 270 valence electrons. The van der Waals surface area contributed by atoms with Gasteiger partial charge < -0.3 is 9.80 Å². The minimum Gasteiger partial charge on any atom is -0.378 e. The van der Waals surface area contributed by atoms with Gasteiger partial charge in [-0.3, -0.25) is 0 Å². The molecule has 0 fully saturated rings. The molecule has 0 amide bonds. The molecule has 0 atom stereocenters. The van der Waals surface area contributed by atoms with Gasteiger partial charge in [0.15, 0.2) is 0 Å². The van der Waals surface area contributed by atoms with Gasteiger partial charge in [-0.05, 0) is 80.9 Å². The molecule has 4 heteroatoms. The first kappa shape index (κ1) is 34.7. The lowest BCUT2D eigenvalue weighted by Gasteiger charge is -2.17. The molecule has 0 aliphatic carbocycles. The molecule has 0 radical (unpaired) electrons. The molecule has 0 bridgehead atoms. The maximum atomic E-state index is 5.49. The predicted octanol–water partition coefficient (Wildman–Crippen LogP) is 12.9. The highest BCUT2D eigenvalue weighted by molar-refractivity contribution is 6.13. The topological polar surface area (TPSA) is 32.3 Å². The molecule has 0 N–H and O–H groups in total. The van der Waals surface area contributed by atoms with E-state index in [1.807, 2.05) is 0 Å². The van der Waals surface area contributed by atoms with Crippen LogP contribution in [0.5, 0.6) is 0 Å². The summed E-state index contributed by atoms with van der Waals surface area (Å²) in [6.45, 7) is 0. The monoisotopic (exact) mass is 722 g/mol. The van der Waals surface area contributed by atoms with Crippen LogP contribution in [0.3, 0.4) is 0 Å². The summed E-state index contributed by atoms with van der Waals surface area (Å²) in [4.78, 5) is 15.2. The lowest BCUT2D eigenvalue weighted by Crippen LogP contribution is -2.08. The summed E-state index contributed by atoms with van der Waals surface area (Å²) in [6, 6.07) is 65.1. The summed E-state index contributed by atoms with van der Waals surface area (Å²) < 4.78 is 0. The lowest BCUT2D eigenvalue weighted by molar-refractivity contribution is 1.13. The Balaban J connectivity index is 1.28. The SMILES string of the molecule is CN(C)c1ccc(-c2cc(-c3ccc(-c4ccccc4)cc3)nc3c2ccc2c(-c4ccc(N(C)C)cc4)cc(-c4ccc(-c5ccccc5)cc4)nc23)cc1. The van der Waals surface area contributed by atoms with Gasteiger partial charge in [-0.25, -0.2) is 9.97 Å². The fourth-order valence-corrected chi connectivity index (χ4v) is 7.55. The molecule has 0 spiro atoms. The average Bonchev–Trinajstić information content (AvgIpc) is 3.26. The largest absolute Gasteiger partial charge is 0.378 e. The molecule has 9 rings (SSSR count). The van der Waals surface area contributed by atoms with Crippen molar-refractivity contribution in [3.8, 4) is 67.0 Å². The van der Waals surface area contributed by atoms with E-state index in [9.17, 15) is 0 Å². The molecule has 2 aromatic heterocycles. The third-order valence-electron chi connectivity index (χ3n) is 10.7. The van der Waals surface area contributed by atoms with Gasteiger partial charge >= 0.3 is 0 Å². The van der Waals surface area contributed by atoms with Crippen molar-refractivity contribution in [2.75, 3.05) is 38.0 Å². The zero-order valence-electron chi connectivity index (χ0n) is 32.1. The summed E-state index contributed by atoms with van der Waals surface area (Å²) >= 11 is 0. The van der Waals surface area contributed by atoms with Crippen molar-refractivity contribution in [1.29, 1.82) is 0 Å². The van der Waals surface area contributed by atoms with Crippen molar-refractivity contribution in [3.63, 3.8) is 0 Å². The number of nitrogens with zero attached hydrogens (tertiary/aromatic N) is 4. The second-order valence-electron chi connectivity index (χ2n) is 14.7. The minimum absolute atomic E-state index is 0.882. The number of aromatic nitrogens is 2. The number of anilines is 2. The summed E-state index contributed by atoms with van der Waals surface area (Å²) in [7, 11) is 8.29. The first-order valence-electron chi connectivity index (χ1n) is 19.1. The maximum absolute atomic E-state index is 5.49. The number of pyridine rings is 2. The van der Waals surface area contributed by atoms with Gasteiger partial charge in [0.1, 0.15) is 0 Å². The van der Waals surface area contributed by atoms with Gasteiger partial charge in [0.05, 0.1) is 22.4 Å². The highest BCUT2D eigenvalue weighted by atomic mass is 15.1. The standard InChI is InChI=1S/C52H42N4/c1-55(2)43-27-23-39(24-28-43)47-33-49(41-19-15-37(16-20-41)35-11-7-5-8-12-35)53-51-45(47)31-32-46-48(40-25-29-44(30-26-40)56(3)4)34-50(54-52(46)51)42-21-17-38(18-22-42)36-13-9-6-10-14-36/h5-34H,1-4H3. The van der Waals surface area contributed by atoms with Crippen LogP contribution in [0.4, 0.5) is 11.4 Å². The van der Waals surface area contributed by atoms with E-state index in [0.717, 1.165) is 77.9 Å². The second kappa shape index (κ2) is 14.7. The van der Waals surface area contributed by atoms with E-state index in [4.69, 9.17) is 9.97 Å². The van der Waals surface area contributed by atoms with Crippen molar-refractivity contribution in [3.05, 3.63) is 182 Å². The summed E-state index contributed by atoms with van der Waals surface area (Å²) in [5.74, 6) is 0. The van der Waals surface area contributed by atoms with Crippen LogP contribution < -0.4 is 9.80 Å². The third-order valence-corrected chi connectivity index (χ3v) is 10.7. The van der Waals surface area contributed by atoms with Crippen molar-refractivity contribution in [1.82, 2.24) is 9.97 Å². The number of benzene rings is 7. The van der Waals surface area contributed by atoms with E-state index < -0.39 is 0 Å². The van der Waals surface area contributed by atoms with Crippen LogP contribution in [0.2, 0.25) is 0 Å². The fourth-order valence-electron chi connectivity index (χ4n) is 7.55. The zero-order chi connectivity index (χ0) is 38.2. The number of hydrogen-bond donors (Lipinski definition) is 0. The Morgan fingerprint density at radius 3 is 0.946 bits per heavy atom. The maximum Gasteiger partial charge on any atom is 0.0978 e. The van der Waals surface area contributed by atoms with Crippen molar-refractivity contribution in [2.45, 2.75) is 0 Å². The normalized spacial score (nSPS) is 11.2. The lowest BCUT2D eigenvalue weighted by atomic mass is 9.93. The molecular weight excluding hydrogens is 681 g/mol. The molecule has 0 saturated heterocycles. The summed E-state index contributed by atoms with van der Waals surface area (Å²) in [5, 5.41) is 2.13. The smallest absolute Gasteiger partial charge is 0.0978 e. The zero-order valence-corrected chi connectivity index (χ0v) is 32.1. The molecule has 0 aliphatic rings. The highest BCUT2D eigenvalue weighted by Crippen LogP contribution is 2.40. The van der Waals surface area contributed by atoms with Crippen LogP contribution in [-0.4, -0.2) is 38.2 Å². The number of hydrogen-bond acceptors (Lipinski definition) is 4.